The van der Waals surface area contributed by atoms with Crippen molar-refractivity contribution in [3.05, 3.63) is 70.0 Å². The lowest BCUT2D eigenvalue weighted by molar-refractivity contribution is 0.102. The molecule has 2 aromatic carbocycles. The standard InChI is InChI=1S/C23H22ClN5O3S/c1-13-9-14(2)29-22(25-13)27-23(28-29)33-12-15-7-5-6-8-16(15)21(30)26-18-10-17(24)19(31-3)11-20(18)32-4/h5-11H,12H2,1-4H3,(H,26,30). The second-order valence-corrected chi connectivity index (χ2v) is 8.58. The van der Waals surface area contributed by atoms with Crippen molar-refractivity contribution in [2.75, 3.05) is 19.5 Å². The molecular formula is C23H22ClN5O3S. The number of fused-ring (bicyclic) bond motifs is 1. The van der Waals surface area contributed by atoms with Gasteiger partial charge in [0.05, 0.1) is 24.9 Å². The van der Waals surface area contributed by atoms with Gasteiger partial charge in [-0.25, -0.2) is 9.50 Å². The highest BCUT2D eigenvalue weighted by molar-refractivity contribution is 7.98. The van der Waals surface area contributed by atoms with E-state index >= 15 is 0 Å². The number of nitrogens with zero attached hydrogens (tertiary/aromatic N) is 4. The lowest BCUT2D eigenvalue weighted by atomic mass is 10.1. The second kappa shape index (κ2) is 9.68. The Labute approximate surface area is 200 Å². The highest BCUT2D eigenvalue weighted by Gasteiger charge is 2.17. The Morgan fingerprint density at radius 3 is 2.61 bits per heavy atom. The van der Waals surface area contributed by atoms with Crippen LogP contribution in [0.4, 0.5) is 5.69 Å². The lowest BCUT2D eigenvalue weighted by Gasteiger charge is -2.14. The number of anilines is 1. The Hall–Kier alpha value is -3.30. The molecule has 1 amide bonds. The van der Waals surface area contributed by atoms with Gasteiger partial charge in [0.2, 0.25) is 5.16 Å². The summed E-state index contributed by atoms with van der Waals surface area (Å²) < 4.78 is 12.3. The molecule has 0 unspecified atom stereocenters. The molecule has 4 aromatic rings. The number of aromatic nitrogens is 4. The van der Waals surface area contributed by atoms with Crippen LogP contribution in [0.2, 0.25) is 5.02 Å². The number of carbonyl (C=O) groups excluding carboxylic acids is 1. The van der Waals surface area contributed by atoms with Crippen molar-refractivity contribution in [3.8, 4) is 11.5 Å². The van der Waals surface area contributed by atoms with E-state index in [1.54, 1.807) is 22.7 Å². The van der Waals surface area contributed by atoms with Crippen LogP contribution >= 0.6 is 23.4 Å². The number of amides is 1. The third-order valence-electron chi connectivity index (χ3n) is 4.94. The number of aryl methyl sites for hydroxylation is 2. The van der Waals surface area contributed by atoms with Crippen molar-refractivity contribution in [3.63, 3.8) is 0 Å². The van der Waals surface area contributed by atoms with Gasteiger partial charge in [0.1, 0.15) is 11.5 Å². The Morgan fingerprint density at radius 1 is 1.09 bits per heavy atom. The number of ether oxygens (including phenoxy) is 2. The van der Waals surface area contributed by atoms with Gasteiger partial charge in [-0.1, -0.05) is 41.6 Å². The normalized spacial score (nSPS) is 10.9. The van der Waals surface area contributed by atoms with Crippen molar-refractivity contribution in [1.29, 1.82) is 0 Å². The van der Waals surface area contributed by atoms with Gasteiger partial charge in [-0.3, -0.25) is 4.79 Å². The van der Waals surface area contributed by atoms with Crippen LogP contribution in [0.15, 0.2) is 47.6 Å². The number of rotatable bonds is 7. The predicted octanol–water partition coefficient (Wildman–Crippen LogP) is 4.96. The van der Waals surface area contributed by atoms with E-state index in [1.165, 1.54) is 26.0 Å². The van der Waals surface area contributed by atoms with Gasteiger partial charge >= 0.3 is 0 Å². The van der Waals surface area contributed by atoms with E-state index in [0.29, 0.717) is 44.5 Å². The van der Waals surface area contributed by atoms with Crippen LogP contribution in [0, 0.1) is 13.8 Å². The minimum Gasteiger partial charge on any atom is -0.495 e. The first-order chi connectivity index (χ1) is 15.9. The minimum atomic E-state index is -0.276. The second-order valence-electron chi connectivity index (χ2n) is 7.23. The largest absolute Gasteiger partial charge is 0.495 e. The van der Waals surface area contributed by atoms with Gasteiger partial charge in [-0.2, -0.15) is 4.98 Å². The molecule has 0 aliphatic heterocycles. The number of benzene rings is 2. The molecule has 10 heteroatoms. The Balaban J connectivity index is 1.55. The maximum atomic E-state index is 13.1. The molecule has 0 fully saturated rings. The zero-order chi connectivity index (χ0) is 23.5. The molecule has 33 heavy (non-hydrogen) atoms. The fourth-order valence-electron chi connectivity index (χ4n) is 3.37. The number of thioether (sulfide) groups is 1. The van der Waals surface area contributed by atoms with Crippen molar-refractivity contribution in [1.82, 2.24) is 19.6 Å². The van der Waals surface area contributed by atoms with E-state index in [1.807, 2.05) is 38.1 Å². The molecule has 0 spiro atoms. The van der Waals surface area contributed by atoms with E-state index in [9.17, 15) is 4.79 Å². The van der Waals surface area contributed by atoms with E-state index in [0.717, 1.165) is 17.0 Å². The third kappa shape index (κ3) is 4.89. The summed E-state index contributed by atoms with van der Waals surface area (Å²) in [5.41, 5.74) is 3.68. The van der Waals surface area contributed by atoms with Gasteiger partial charge in [-0.15, -0.1) is 5.10 Å². The first-order valence-corrected chi connectivity index (χ1v) is 11.4. The molecule has 1 N–H and O–H groups in total. The molecule has 0 bridgehead atoms. The van der Waals surface area contributed by atoms with Gasteiger partial charge in [0.25, 0.3) is 11.7 Å². The number of hydrogen-bond acceptors (Lipinski definition) is 7. The van der Waals surface area contributed by atoms with Crippen molar-refractivity contribution in [2.45, 2.75) is 24.8 Å². The zero-order valence-electron chi connectivity index (χ0n) is 18.5. The van der Waals surface area contributed by atoms with Crippen LogP contribution in [-0.4, -0.2) is 39.7 Å². The molecule has 0 radical (unpaired) electrons. The molecule has 0 saturated heterocycles. The van der Waals surface area contributed by atoms with Crippen LogP contribution in [0.1, 0.15) is 27.3 Å². The maximum Gasteiger partial charge on any atom is 0.256 e. The van der Waals surface area contributed by atoms with Gasteiger partial charge < -0.3 is 14.8 Å². The maximum absolute atomic E-state index is 13.1. The molecule has 0 aliphatic carbocycles. The smallest absolute Gasteiger partial charge is 0.256 e. The van der Waals surface area contributed by atoms with Gasteiger partial charge in [-0.05, 0) is 37.6 Å². The van der Waals surface area contributed by atoms with Crippen molar-refractivity contribution in [2.24, 2.45) is 0 Å². The summed E-state index contributed by atoms with van der Waals surface area (Å²) in [5, 5.41) is 8.37. The molecular weight excluding hydrogens is 462 g/mol. The Morgan fingerprint density at radius 2 is 1.85 bits per heavy atom. The average Bonchev–Trinajstić information content (AvgIpc) is 3.21. The molecule has 0 atom stereocenters. The molecule has 0 aliphatic rings. The number of methoxy groups -OCH3 is 2. The highest BCUT2D eigenvalue weighted by atomic mass is 35.5. The number of halogens is 1. The first-order valence-electron chi connectivity index (χ1n) is 10.0. The summed E-state index contributed by atoms with van der Waals surface area (Å²) in [6, 6.07) is 12.6. The van der Waals surface area contributed by atoms with Gasteiger partial charge in [0.15, 0.2) is 0 Å². The molecule has 170 valence electrons. The van der Waals surface area contributed by atoms with E-state index in [4.69, 9.17) is 21.1 Å². The fourth-order valence-corrected chi connectivity index (χ4v) is 4.43. The average molecular weight is 484 g/mol. The number of nitrogens with one attached hydrogen (secondary N) is 1. The van der Waals surface area contributed by atoms with Gasteiger partial charge in [0, 0.05) is 28.8 Å². The summed E-state index contributed by atoms with van der Waals surface area (Å²) in [6.07, 6.45) is 0. The quantitative estimate of drug-likeness (QED) is 0.371. The Bertz CT molecular complexity index is 1340. The predicted molar refractivity (Wildman–Crippen MR) is 129 cm³/mol. The van der Waals surface area contributed by atoms with Crippen LogP contribution in [0.3, 0.4) is 0 Å². The summed E-state index contributed by atoms with van der Waals surface area (Å²) in [4.78, 5) is 22.0. The molecule has 4 rings (SSSR count). The SMILES string of the molecule is COc1cc(OC)c(NC(=O)c2ccccc2CSc2nc3nc(C)cc(C)n3n2)cc1Cl. The van der Waals surface area contributed by atoms with Crippen LogP contribution in [-0.2, 0) is 5.75 Å². The number of carbonyl (C=O) groups is 1. The zero-order valence-corrected chi connectivity index (χ0v) is 20.1. The van der Waals surface area contributed by atoms with E-state index in [-0.39, 0.29) is 5.91 Å². The monoisotopic (exact) mass is 483 g/mol. The molecule has 0 saturated carbocycles. The van der Waals surface area contributed by atoms with E-state index in [2.05, 4.69) is 20.4 Å². The van der Waals surface area contributed by atoms with Crippen LogP contribution in [0.5, 0.6) is 11.5 Å². The minimum absolute atomic E-state index is 0.276. The summed E-state index contributed by atoms with van der Waals surface area (Å²) in [6.45, 7) is 3.89. The van der Waals surface area contributed by atoms with Crippen LogP contribution < -0.4 is 14.8 Å². The lowest BCUT2D eigenvalue weighted by Crippen LogP contribution is -2.14. The Kier molecular flexibility index (Phi) is 6.71. The topological polar surface area (TPSA) is 90.6 Å². The summed E-state index contributed by atoms with van der Waals surface area (Å²) >= 11 is 7.68. The highest BCUT2D eigenvalue weighted by Crippen LogP contribution is 2.36. The third-order valence-corrected chi connectivity index (χ3v) is 6.12. The first kappa shape index (κ1) is 22.9. The molecule has 2 heterocycles. The summed E-state index contributed by atoms with van der Waals surface area (Å²) in [7, 11) is 3.03. The van der Waals surface area contributed by atoms with Crippen molar-refractivity contribution >= 4 is 40.7 Å². The fraction of sp³-hybridized carbons (Fsp3) is 0.217. The molecule has 8 nitrogen and oxygen atoms in total. The number of hydrogen-bond donors (Lipinski definition) is 1. The summed E-state index contributed by atoms with van der Waals surface area (Å²) in [5.74, 6) is 1.71. The van der Waals surface area contributed by atoms with E-state index < -0.39 is 0 Å². The van der Waals surface area contributed by atoms with Crippen molar-refractivity contribution < 1.29 is 14.3 Å². The van der Waals surface area contributed by atoms with Crippen LogP contribution in [0.25, 0.3) is 5.78 Å². The molecule has 2 aromatic heterocycles.